The van der Waals surface area contributed by atoms with Gasteiger partial charge in [0.05, 0.1) is 6.54 Å². The standard InChI is InChI=1S/C12H18ClNOS/c1-9(2)14(12(15)10(3)7-13)8-11-5-4-6-16-11/h4-6,9-10H,7-8H2,1-3H3. The minimum absolute atomic E-state index is 0.107. The van der Waals surface area contributed by atoms with Crippen LogP contribution < -0.4 is 0 Å². The second-order valence-electron chi connectivity index (χ2n) is 4.19. The molecule has 1 amide bonds. The zero-order valence-electron chi connectivity index (χ0n) is 9.94. The van der Waals surface area contributed by atoms with E-state index in [1.165, 1.54) is 4.88 Å². The maximum absolute atomic E-state index is 12.1. The van der Waals surface area contributed by atoms with Crippen molar-refractivity contribution >= 4 is 28.8 Å². The molecule has 1 unspecified atom stereocenters. The highest BCUT2D eigenvalue weighted by atomic mass is 35.5. The summed E-state index contributed by atoms with van der Waals surface area (Å²) in [6.45, 7) is 6.63. The molecular formula is C12H18ClNOS. The second-order valence-corrected chi connectivity index (χ2v) is 5.54. The predicted octanol–water partition coefficient (Wildman–Crippen LogP) is 3.36. The molecule has 1 aromatic rings. The summed E-state index contributed by atoms with van der Waals surface area (Å²) < 4.78 is 0. The van der Waals surface area contributed by atoms with Gasteiger partial charge in [-0.3, -0.25) is 4.79 Å². The highest BCUT2D eigenvalue weighted by Crippen LogP contribution is 2.16. The summed E-state index contributed by atoms with van der Waals surface area (Å²) in [5.41, 5.74) is 0. The van der Waals surface area contributed by atoms with Crippen molar-refractivity contribution in [1.29, 1.82) is 0 Å². The van der Waals surface area contributed by atoms with Crippen molar-refractivity contribution in [2.45, 2.75) is 33.4 Å². The fourth-order valence-electron chi connectivity index (χ4n) is 1.43. The Kier molecular flexibility index (Phi) is 5.29. The Bertz CT molecular complexity index is 324. The molecule has 0 radical (unpaired) electrons. The third kappa shape index (κ3) is 3.49. The van der Waals surface area contributed by atoms with E-state index < -0.39 is 0 Å². The number of carbonyl (C=O) groups is 1. The van der Waals surface area contributed by atoms with Gasteiger partial charge in [-0.1, -0.05) is 13.0 Å². The van der Waals surface area contributed by atoms with Gasteiger partial charge in [0.2, 0.25) is 5.91 Å². The van der Waals surface area contributed by atoms with Crippen LogP contribution in [0.5, 0.6) is 0 Å². The summed E-state index contributed by atoms with van der Waals surface area (Å²) in [6.07, 6.45) is 0. The quantitative estimate of drug-likeness (QED) is 0.743. The molecule has 0 bridgehead atoms. The molecule has 0 aliphatic carbocycles. The van der Waals surface area contributed by atoms with Gasteiger partial charge < -0.3 is 4.90 Å². The lowest BCUT2D eigenvalue weighted by Gasteiger charge is -2.28. The van der Waals surface area contributed by atoms with E-state index >= 15 is 0 Å². The van der Waals surface area contributed by atoms with Crippen LogP contribution in [0.1, 0.15) is 25.6 Å². The first kappa shape index (κ1) is 13.5. The largest absolute Gasteiger partial charge is 0.335 e. The maximum atomic E-state index is 12.1. The van der Waals surface area contributed by atoms with E-state index in [1.54, 1.807) is 11.3 Å². The van der Waals surface area contributed by atoms with Crippen molar-refractivity contribution in [3.05, 3.63) is 22.4 Å². The minimum atomic E-state index is -0.107. The van der Waals surface area contributed by atoms with Crippen LogP contribution in [0, 0.1) is 5.92 Å². The smallest absolute Gasteiger partial charge is 0.227 e. The van der Waals surface area contributed by atoms with E-state index in [0.717, 1.165) is 0 Å². The average Bonchev–Trinajstić information content (AvgIpc) is 2.76. The van der Waals surface area contributed by atoms with E-state index in [0.29, 0.717) is 12.4 Å². The van der Waals surface area contributed by atoms with Crippen LogP contribution >= 0.6 is 22.9 Å². The lowest BCUT2D eigenvalue weighted by Crippen LogP contribution is -2.39. The van der Waals surface area contributed by atoms with Crippen molar-refractivity contribution in [3.63, 3.8) is 0 Å². The Morgan fingerprint density at radius 1 is 1.50 bits per heavy atom. The first-order valence-corrected chi connectivity index (χ1v) is 6.86. The Morgan fingerprint density at radius 2 is 2.19 bits per heavy atom. The Balaban J connectivity index is 2.71. The molecule has 1 aromatic heterocycles. The number of amides is 1. The van der Waals surface area contributed by atoms with Gasteiger partial charge in [0, 0.05) is 22.7 Å². The van der Waals surface area contributed by atoms with Crippen molar-refractivity contribution in [2.75, 3.05) is 5.88 Å². The zero-order valence-corrected chi connectivity index (χ0v) is 11.5. The molecule has 1 rings (SSSR count). The Morgan fingerprint density at radius 3 is 2.62 bits per heavy atom. The van der Waals surface area contributed by atoms with Gasteiger partial charge >= 0.3 is 0 Å². The van der Waals surface area contributed by atoms with Gasteiger partial charge in [-0.2, -0.15) is 0 Å². The highest BCUT2D eigenvalue weighted by Gasteiger charge is 2.22. The molecule has 0 spiro atoms. The van der Waals surface area contributed by atoms with E-state index in [1.807, 2.05) is 37.1 Å². The first-order chi connectivity index (χ1) is 7.56. The minimum Gasteiger partial charge on any atom is -0.335 e. The van der Waals surface area contributed by atoms with E-state index in [9.17, 15) is 4.79 Å². The SMILES string of the molecule is CC(CCl)C(=O)N(Cc1cccs1)C(C)C. The van der Waals surface area contributed by atoms with E-state index in [4.69, 9.17) is 11.6 Å². The Hall–Kier alpha value is -0.540. The molecule has 0 aliphatic heterocycles. The maximum Gasteiger partial charge on any atom is 0.227 e. The highest BCUT2D eigenvalue weighted by molar-refractivity contribution is 7.09. The number of hydrogen-bond acceptors (Lipinski definition) is 2. The third-order valence-corrected chi connectivity index (χ3v) is 3.79. The lowest BCUT2D eigenvalue weighted by molar-refractivity contribution is -0.136. The van der Waals surface area contributed by atoms with Gasteiger partial charge in [0.15, 0.2) is 0 Å². The summed E-state index contributed by atoms with van der Waals surface area (Å²) in [6, 6.07) is 4.27. The summed E-state index contributed by atoms with van der Waals surface area (Å²) in [5.74, 6) is 0.411. The lowest BCUT2D eigenvalue weighted by atomic mass is 10.1. The molecule has 90 valence electrons. The molecule has 16 heavy (non-hydrogen) atoms. The Labute approximate surface area is 106 Å². The van der Waals surface area contributed by atoms with E-state index in [-0.39, 0.29) is 17.9 Å². The summed E-state index contributed by atoms with van der Waals surface area (Å²) in [5, 5.41) is 2.03. The second kappa shape index (κ2) is 6.26. The third-order valence-electron chi connectivity index (χ3n) is 2.47. The van der Waals surface area contributed by atoms with Crippen molar-refractivity contribution in [2.24, 2.45) is 5.92 Å². The van der Waals surface area contributed by atoms with Crippen LogP contribution in [0.4, 0.5) is 0 Å². The number of halogens is 1. The van der Waals surface area contributed by atoms with Gasteiger partial charge in [-0.25, -0.2) is 0 Å². The molecule has 0 aromatic carbocycles. The summed E-state index contributed by atoms with van der Waals surface area (Å²) in [7, 11) is 0. The van der Waals surface area contributed by atoms with Crippen LogP contribution in [-0.2, 0) is 11.3 Å². The van der Waals surface area contributed by atoms with Gasteiger partial charge in [-0.05, 0) is 25.3 Å². The molecule has 0 saturated heterocycles. The van der Waals surface area contributed by atoms with Crippen molar-refractivity contribution < 1.29 is 4.79 Å². The summed E-state index contributed by atoms with van der Waals surface area (Å²) >= 11 is 7.41. The topological polar surface area (TPSA) is 20.3 Å². The number of rotatable bonds is 5. The fourth-order valence-corrected chi connectivity index (χ4v) is 2.27. The molecular weight excluding hydrogens is 242 g/mol. The molecule has 0 saturated carbocycles. The molecule has 1 atom stereocenters. The fraction of sp³-hybridized carbons (Fsp3) is 0.583. The monoisotopic (exact) mass is 259 g/mol. The van der Waals surface area contributed by atoms with Gasteiger partial charge in [-0.15, -0.1) is 22.9 Å². The zero-order chi connectivity index (χ0) is 12.1. The number of alkyl halides is 1. The normalized spacial score (nSPS) is 12.8. The first-order valence-electron chi connectivity index (χ1n) is 5.45. The molecule has 0 aliphatic rings. The molecule has 2 nitrogen and oxygen atoms in total. The van der Waals surface area contributed by atoms with Crippen molar-refractivity contribution in [3.8, 4) is 0 Å². The molecule has 0 N–H and O–H groups in total. The van der Waals surface area contributed by atoms with Crippen LogP contribution in [0.2, 0.25) is 0 Å². The average molecular weight is 260 g/mol. The van der Waals surface area contributed by atoms with Crippen molar-refractivity contribution in [1.82, 2.24) is 4.90 Å². The van der Waals surface area contributed by atoms with E-state index in [2.05, 4.69) is 6.07 Å². The number of hydrogen-bond donors (Lipinski definition) is 0. The number of thiophene rings is 1. The summed E-state index contributed by atoms with van der Waals surface area (Å²) in [4.78, 5) is 15.2. The molecule has 0 fully saturated rings. The van der Waals surface area contributed by atoms with Crippen LogP contribution in [0.3, 0.4) is 0 Å². The van der Waals surface area contributed by atoms with Crippen LogP contribution in [-0.4, -0.2) is 22.7 Å². The molecule has 4 heteroatoms. The van der Waals surface area contributed by atoms with Gasteiger partial charge in [0.1, 0.15) is 0 Å². The number of carbonyl (C=O) groups excluding carboxylic acids is 1. The molecule has 1 heterocycles. The van der Waals surface area contributed by atoms with Gasteiger partial charge in [0.25, 0.3) is 0 Å². The van der Waals surface area contributed by atoms with Crippen LogP contribution in [0.15, 0.2) is 17.5 Å². The van der Waals surface area contributed by atoms with Crippen LogP contribution in [0.25, 0.3) is 0 Å². The number of nitrogens with zero attached hydrogens (tertiary/aromatic N) is 1. The predicted molar refractivity (Wildman–Crippen MR) is 69.9 cm³/mol.